The molecule has 1 aromatic carbocycles. The van der Waals surface area contributed by atoms with Gasteiger partial charge in [0.25, 0.3) is 5.56 Å². The Hall–Kier alpha value is -2.06. The van der Waals surface area contributed by atoms with E-state index in [4.69, 9.17) is 9.72 Å². The van der Waals surface area contributed by atoms with Gasteiger partial charge in [-0.05, 0) is 25.3 Å². The van der Waals surface area contributed by atoms with Gasteiger partial charge in [-0.25, -0.2) is 4.98 Å². The van der Waals surface area contributed by atoms with Crippen LogP contribution in [0.1, 0.15) is 33.5 Å². The fraction of sp³-hybridized carbons (Fsp3) is 0.478. The Kier molecular flexibility index (Phi) is 7.77. The molecule has 0 unspecified atom stereocenters. The van der Waals surface area contributed by atoms with Gasteiger partial charge in [0.1, 0.15) is 10.7 Å². The maximum absolute atomic E-state index is 12.9. The molecule has 6 nitrogen and oxygen atoms in total. The molecule has 0 amide bonds. The van der Waals surface area contributed by atoms with Crippen molar-refractivity contribution in [3.63, 3.8) is 0 Å². The molecule has 0 bridgehead atoms. The van der Waals surface area contributed by atoms with E-state index in [-0.39, 0.29) is 11.6 Å². The first-order valence-corrected chi connectivity index (χ1v) is 11.3. The van der Waals surface area contributed by atoms with Crippen LogP contribution in [-0.4, -0.2) is 51.9 Å². The highest BCUT2D eigenvalue weighted by Crippen LogP contribution is 2.30. The summed E-state index contributed by atoms with van der Waals surface area (Å²) in [7, 11) is 0. The summed E-state index contributed by atoms with van der Waals surface area (Å²) < 4.78 is 5.56. The minimum absolute atomic E-state index is 0.125. The Bertz CT molecular complexity index is 998. The number of aromatic nitrogens is 2. The molecule has 2 aromatic heterocycles. The molecule has 0 radical (unpaired) electrons. The normalized spacial score (nSPS) is 13.1. The second-order valence-corrected chi connectivity index (χ2v) is 9.17. The molecule has 0 aliphatic heterocycles. The van der Waals surface area contributed by atoms with Gasteiger partial charge in [-0.2, -0.15) is 0 Å². The summed E-state index contributed by atoms with van der Waals surface area (Å²) in [6.45, 7) is 10.1. The third-order valence-electron chi connectivity index (χ3n) is 4.87. The summed E-state index contributed by atoms with van der Waals surface area (Å²) >= 11 is 1.48. The lowest BCUT2D eigenvalue weighted by Gasteiger charge is -2.28. The number of thiophene rings is 1. The summed E-state index contributed by atoms with van der Waals surface area (Å²) in [6, 6.07) is 10.1. The molecule has 2 heterocycles. The van der Waals surface area contributed by atoms with E-state index in [1.165, 1.54) is 11.3 Å². The van der Waals surface area contributed by atoms with E-state index in [0.717, 1.165) is 16.0 Å². The van der Waals surface area contributed by atoms with E-state index in [0.29, 0.717) is 43.4 Å². The Morgan fingerprint density at radius 2 is 1.90 bits per heavy atom. The van der Waals surface area contributed by atoms with Gasteiger partial charge in [0.05, 0.1) is 24.6 Å². The number of nitrogens with one attached hydrogen (secondary N) is 1. The van der Waals surface area contributed by atoms with Crippen molar-refractivity contribution in [3.05, 3.63) is 51.9 Å². The van der Waals surface area contributed by atoms with Gasteiger partial charge in [-0.15, -0.1) is 11.3 Å². The van der Waals surface area contributed by atoms with E-state index >= 15 is 0 Å². The van der Waals surface area contributed by atoms with E-state index in [9.17, 15) is 9.90 Å². The van der Waals surface area contributed by atoms with Crippen LogP contribution < -0.4 is 5.56 Å². The lowest BCUT2D eigenvalue weighted by Crippen LogP contribution is -2.39. The average Bonchev–Trinajstić information content (AvgIpc) is 3.12. The van der Waals surface area contributed by atoms with Crippen LogP contribution >= 0.6 is 11.3 Å². The number of fused-ring (bicyclic) bond motifs is 1. The SMILES string of the molecule is CC(C)COC[C@H](O)CN(Cc1nc2scc(-c3ccccc3)c2c(=O)[nH]1)C(C)C. The number of hydrogen-bond donors (Lipinski definition) is 2. The van der Waals surface area contributed by atoms with E-state index in [2.05, 4.69) is 37.6 Å². The van der Waals surface area contributed by atoms with Gasteiger partial charge in [-0.3, -0.25) is 9.69 Å². The fourth-order valence-electron chi connectivity index (χ4n) is 3.31. The maximum atomic E-state index is 12.9. The topological polar surface area (TPSA) is 78.5 Å². The van der Waals surface area contributed by atoms with E-state index in [1.807, 2.05) is 35.7 Å². The van der Waals surface area contributed by atoms with Crippen molar-refractivity contribution in [3.8, 4) is 11.1 Å². The molecule has 3 rings (SSSR count). The zero-order valence-corrected chi connectivity index (χ0v) is 18.9. The molecule has 7 heteroatoms. The molecule has 0 aliphatic carbocycles. The van der Waals surface area contributed by atoms with Crippen molar-refractivity contribution in [1.29, 1.82) is 0 Å². The van der Waals surface area contributed by atoms with E-state index < -0.39 is 6.10 Å². The van der Waals surface area contributed by atoms with Crippen molar-refractivity contribution in [2.75, 3.05) is 19.8 Å². The lowest BCUT2D eigenvalue weighted by molar-refractivity contribution is 0.00129. The number of H-pyrrole nitrogens is 1. The maximum Gasteiger partial charge on any atom is 0.260 e. The highest BCUT2D eigenvalue weighted by atomic mass is 32.1. The van der Waals surface area contributed by atoms with Crippen LogP contribution in [0.3, 0.4) is 0 Å². The molecular weight excluding hydrogens is 398 g/mol. The fourth-order valence-corrected chi connectivity index (χ4v) is 4.28. The monoisotopic (exact) mass is 429 g/mol. The van der Waals surface area contributed by atoms with E-state index in [1.54, 1.807) is 0 Å². The number of rotatable bonds is 10. The van der Waals surface area contributed by atoms with Crippen LogP contribution in [0.15, 0.2) is 40.5 Å². The predicted octanol–water partition coefficient (Wildman–Crippen LogP) is 3.90. The van der Waals surface area contributed by atoms with Crippen LogP contribution in [0.4, 0.5) is 0 Å². The Morgan fingerprint density at radius 1 is 1.17 bits per heavy atom. The molecule has 1 atom stereocenters. The number of nitrogens with zero attached hydrogens (tertiary/aromatic N) is 2. The smallest absolute Gasteiger partial charge is 0.260 e. The first-order chi connectivity index (χ1) is 14.3. The van der Waals surface area contributed by atoms with Crippen molar-refractivity contribution in [2.24, 2.45) is 5.92 Å². The predicted molar refractivity (Wildman–Crippen MR) is 123 cm³/mol. The molecule has 2 N–H and O–H groups in total. The summed E-state index contributed by atoms with van der Waals surface area (Å²) in [5, 5.41) is 13.0. The minimum Gasteiger partial charge on any atom is -0.389 e. The van der Waals surface area contributed by atoms with Crippen LogP contribution in [0.2, 0.25) is 0 Å². The molecule has 0 fully saturated rings. The summed E-state index contributed by atoms with van der Waals surface area (Å²) in [6.07, 6.45) is -0.590. The van der Waals surface area contributed by atoms with Gasteiger partial charge in [0, 0.05) is 30.1 Å². The third kappa shape index (κ3) is 5.76. The number of aliphatic hydroxyl groups is 1. The van der Waals surface area contributed by atoms with Gasteiger partial charge in [0.15, 0.2) is 0 Å². The van der Waals surface area contributed by atoms with Gasteiger partial charge in [-0.1, -0.05) is 44.2 Å². The number of ether oxygens (including phenoxy) is 1. The van der Waals surface area contributed by atoms with Crippen LogP contribution in [0.25, 0.3) is 21.3 Å². The highest BCUT2D eigenvalue weighted by Gasteiger charge is 2.19. The largest absolute Gasteiger partial charge is 0.389 e. The summed E-state index contributed by atoms with van der Waals surface area (Å²) in [5.41, 5.74) is 1.80. The Labute approximate surface area is 181 Å². The minimum atomic E-state index is -0.590. The van der Waals surface area contributed by atoms with Gasteiger partial charge < -0.3 is 14.8 Å². The zero-order valence-electron chi connectivity index (χ0n) is 18.1. The van der Waals surface area contributed by atoms with Gasteiger partial charge >= 0.3 is 0 Å². The number of benzene rings is 1. The first-order valence-electron chi connectivity index (χ1n) is 10.4. The summed E-state index contributed by atoms with van der Waals surface area (Å²) in [4.78, 5) is 23.3. The second-order valence-electron chi connectivity index (χ2n) is 8.32. The molecule has 30 heavy (non-hydrogen) atoms. The molecular formula is C23H31N3O3S. The van der Waals surface area contributed by atoms with Crippen molar-refractivity contribution in [1.82, 2.24) is 14.9 Å². The van der Waals surface area contributed by atoms with Crippen molar-refractivity contribution >= 4 is 21.6 Å². The number of hydrogen-bond acceptors (Lipinski definition) is 6. The van der Waals surface area contributed by atoms with Gasteiger partial charge in [0.2, 0.25) is 0 Å². The molecule has 162 valence electrons. The first kappa shape index (κ1) is 22.6. The molecule has 0 saturated carbocycles. The summed E-state index contributed by atoms with van der Waals surface area (Å²) in [5.74, 6) is 1.05. The second kappa shape index (κ2) is 10.3. The highest BCUT2D eigenvalue weighted by molar-refractivity contribution is 7.17. The Balaban J connectivity index is 1.76. The lowest BCUT2D eigenvalue weighted by atomic mass is 10.1. The quantitative estimate of drug-likeness (QED) is 0.511. The number of aliphatic hydroxyl groups excluding tert-OH is 1. The zero-order chi connectivity index (χ0) is 21.7. The van der Waals surface area contributed by atoms with Crippen LogP contribution in [0.5, 0.6) is 0 Å². The average molecular weight is 430 g/mol. The van der Waals surface area contributed by atoms with Crippen molar-refractivity contribution in [2.45, 2.75) is 46.4 Å². The molecule has 3 aromatic rings. The van der Waals surface area contributed by atoms with Crippen LogP contribution in [0, 0.1) is 5.92 Å². The third-order valence-corrected chi connectivity index (χ3v) is 5.74. The number of aromatic amines is 1. The molecule has 0 aliphatic rings. The standard InChI is InChI=1S/C23H31N3O3S/c1-15(2)12-29-13-18(27)10-26(16(3)4)11-20-24-22(28)21-19(14-30-23(21)25-20)17-8-6-5-7-9-17/h5-9,14-16,18,27H,10-13H2,1-4H3,(H,24,25,28)/t18-/m1/s1. The Morgan fingerprint density at radius 3 is 2.57 bits per heavy atom. The molecule has 0 spiro atoms. The van der Waals surface area contributed by atoms with Crippen LogP contribution in [-0.2, 0) is 11.3 Å². The molecule has 0 saturated heterocycles. The van der Waals surface area contributed by atoms with Crippen molar-refractivity contribution < 1.29 is 9.84 Å².